The third-order valence-corrected chi connectivity index (χ3v) is 6.16. The van der Waals surface area contributed by atoms with Crippen LogP contribution in [0, 0.1) is 0 Å². The number of carboxylic acids is 1. The second-order valence-corrected chi connectivity index (χ2v) is 9.96. The number of benzene rings is 1. The van der Waals surface area contributed by atoms with E-state index in [1.165, 1.54) is 10.9 Å². The van der Waals surface area contributed by atoms with Gasteiger partial charge in [0.05, 0.1) is 33.4 Å². The number of fused-ring (bicyclic) bond motifs is 1. The summed E-state index contributed by atoms with van der Waals surface area (Å²) in [7, 11) is -5.23. The molecule has 226 valence electrons. The summed E-state index contributed by atoms with van der Waals surface area (Å²) in [6, 6.07) is 8.36. The van der Waals surface area contributed by atoms with Gasteiger partial charge in [-0.05, 0) is 23.6 Å². The van der Waals surface area contributed by atoms with Crippen LogP contribution in [0.3, 0.4) is 0 Å². The summed E-state index contributed by atoms with van der Waals surface area (Å²) in [4.78, 5) is 43.5. The monoisotopic (exact) mass is 673 g/mol. The molecule has 43 heavy (non-hydrogen) atoms. The van der Waals surface area contributed by atoms with E-state index >= 15 is 0 Å². The zero-order valence-electron chi connectivity index (χ0n) is 22.5. The van der Waals surface area contributed by atoms with Gasteiger partial charge in [0.15, 0.2) is 23.2 Å². The Balaban J connectivity index is 0.000000920. The summed E-state index contributed by atoms with van der Waals surface area (Å²) in [6.45, 7) is -0.980. The molecule has 0 bridgehead atoms. The number of alkyl halides is 3. The van der Waals surface area contributed by atoms with E-state index in [-0.39, 0.29) is 87.8 Å². The minimum atomic E-state index is -5.23. The number of ether oxygens (including phenoxy) is 1. The van der Waals surface area contributed by atoms with Gasteiger partial charge in [-0.25, -0.2) is 9.78 Å². The molecule has 0 spiro atoms. The first kappa shape index (κ1) is 40.1. The quantitative estimate of drug-likeness (QED) is 0.0808. The number of phosphoric acid groups is 1. The van der Waals surface area contributed by atoms with Crippen molar-refractivity contribution >= 4 is 42.4 Å². The van der Waals surface area contributed by atoms with Crippen LogP contribution in [0.4, 0.5) is 19.0 Å². The van der Waals surface area contributed by atoms with Crippen molar-refractivity contribution in [3.63, 3.8) is 0 Å². The number of aliphatic carboxylic acids is 1. The minimum absolute atomic E-state index is 0. The Labute approximate surface area is 290 Å². The molecule has 3 aromatic rings. The first-order valence-corrected chi connectivity index (χ1v) is 13.2. The van der Waals surface area contributed by atoms with E-state index in [0.717, 1.165) is 5.56 Å². The molecule has 15 nitrogen and oxygen atoms in total. The number of carbonyl (C=O) groups is 1. The van der Waals surface area contributed by atoms with E-state index < -0.39 is 63.8 Å². The Kier molecular flexibility index (Phi) is 16.0. The van der Waals surface area contributed by atoms with Crippen molar-refractivity contribution < 1.29 is 121 Å². The van der Waals surface area contributed by atoms with Gasteiger partial charge in [-0.1, -0.05) is 30.3 Å². The third kappa shape index (κ3) is 11.4. The summed E-state index contributed by atoms with van der Waals surface area (Å²) in [6.07, 6.45) is -8.32. The van der Waals surface area contributed by atoms with E-state index in [9.17, 15) is 42.8 Å². The Hall–Kier alpha value is -0.930. The number of carboxylic acid groups (broad SMARTS) is 1. The zero-order valence-corrected chi connectivity index (χ0v) is 28.1. The molecule has 22 heteroatoms. The number of nitrogens with zero attached hydrogens (tertiary/aromatic N) is 4. The number of anilines is 1. The Morgan fingerprint density at radius 2 is 1.79 bits per heavy atom. The van der Waals surface area contributed by atoms with Crippen molar-refractivity contribution in [1.82, 2.24) is 19.5 Å². The maximum Gasteiger partial charge on any atom is 1.00 e. The number of imidazole rings is 1. The average molecular weight is 674 g/mol. The van der Waals surface area contributed by atoms with Crippen LogP contribution in [-0.4, -0.2) is 89.7 Å². The van der Waals surface area contributed by atoms with Gasteiger partial charge in [-0.15, -0.1) is 0 Å². The third-order valence-electron chi connectivity index (χ3n) is 5.53. The fourth-order valence-corrected chi connectivity index (χ4v) is 4.24. The number of aliphatic hydroxyl groups is 3. The van der Waals surface area contributed by atoms with E-state index in [0.29, 0.717) is 0 Å². The Morgan fingerprint density at radius 3 is 2.30 bits per heavy atom. The minimum Gasteiger partial charge on any atom is -0.790 e. The molecule has 5 atom stereocenters. The molecule has 0 saturated carbocycles. The molecule has 1 saturated heterocycles. The average Bonchev–Trinajstić information content (AvgIpc) is 3.42. The first-order chi connectivity index (χ1) is 19.1. The van der Waals surface area contributed by atoms with Crippen molar-refractivity contribution in [2.24, 2.45) is 0 Å². The van der Waals surface area contributed by atoms with Gasteiger partial charge in [0.25, 0.3) is 0 Å². The molecule has 0 amide bonds. The largest absolute Gasteiger partial charge is 1.00 e. The number of hydrogen-bond acceptors (Lipinski definition) is 13. The number of rotatable bonds is 9. The van der Waals surface area contributed by atoms with E-state index in [1.54, 1.807) is 0 Å². The zero-order chi connectivity index (χ0) is 30.5. The number of nitrogens with one attached hydrogen (secondary N) is 1. The number of aromatic nitrogens is 4. The van der Waals surface area contributed by atoms with Crippen molar-refractivity contribution in [3.8, 4) is 0 Å². The molecule has 5 N–H and O–H groups in total. The maximum atomic E-state index is 11.0. The fraction of sp³-hybridized carbons (Fsp3) is 0.429. The number of aliphatic hydroxyl groups excluding tert-OH is 3. The van der Waals surface area contributed by atoms with E-state index in [4.69, 9.17) is 26.2 Å². The van der Waals surface area contributed by atoms with Crippen molar-refractivity contribution in [3.05, 3.63) is 47.5 Å². The molecule has 1 aliphatic rings. The summed E-state index contributed by atoms with van der Waals surface area (Å²) in [5, 5.41) is 39.7. The predicted molar refractivity (Wildman–Crippen MR) is 128 cm³/mol. The molecule has 1 aromatic carbocycles. The van der Waals surface area contributed by atoms with Crippen molar-refractivity contribution in [2.75, 3.05) is 18.5 Å². The molecule has 1 fully saturated rings. The molecular formula is C21H22ClF3N5Na2O10P. The number of halogens is 4. The topological polar surface area (TPSA) is 235 Å². The van der Waals surface area contributed by atoms with Crippen LogP contribution in [0.1, 0.15) is 11.8 Å². The second-order valence-electron chi connectivity index (χ2n) is 8.47. The van der Waals surface area contributed by atoms with Gasteiger partial charge in [0, 0.05) is 0 Å². The standard InChI is InChI=1S/C19H23ClN5O8P.C2HF3O2.2Na/c20-19-23-16(22-11(8-32-34(29,30)31)6-10-4-2-1-3-5-10)13-17(24-19)25(9-21-13)18-15(28)14(27)12(7-26)33-18;3-2(4,5)1(6)7;;/h1-5,9,11-12,14-15,18,26-28H,6-8H2,(H,22,23,24)(H2,29,30,31);(H,6,7);;/q;;2*+1/p-2/t11?,12-,14-,15-,18-;;;/m1.../s1. The van der Waals surface area contributed by atoms with Crippen molar-refractivity contribution in [2.45, 2.75) is 43.2 Å². The van der Waals surface area contributed by atoms with Crippen molar-refractivity contribution in [1.29, 1.82) is 0 Å². The second kappa shape index (κ2) is 17.1. The predicted octanol–water partition coefficient (Wildman–Crippen LogP) is -6.40. The van der Waals surface area contributed by atoms with Crippen LogP contribution < -0.4 is 74.2 Å². The van der Waals surface area contributed by atoms with Crippen LogP contribution in [0.5, 0.6) is 0 Å². The smallest absolute Gasteiger partial charge is 0.790 e. The maximum absolute atomic E-state index is 11.0. The van der Waals surface area contributed by atoms with Crippen LogP contribution in [0.25, 0.3) is 11.2 Å². The van der Waals surface area contributed by atoms with Crippen LogP contribution >= 0.6 is 19.4 Å². The Bertz CT molecular complexity index is 1390. The van der Waals surface area contributed by atoms with Gasteiger partial charge in [0.1, 0.15) is 18.3 Å². The number of phosphoric ester groups is 1. The normalized spacial score (nSPS) is 20.8. The van der Waals surface area contributed by atoms with Gasteiger partial charge >= 0.3 is 71.3 Å². The molecule has 4 rings (SSSR count). The molecular weight excluding hydrogens is 652 g/mol. The summed E-state index contributed by atoms with van der Waals surface area (Å²) in [5.41, 5.74) is 1.19. The molecule has 2 aromatic heterocycles. The van der Waals surface area contributed by atoms with Crippen LogP contribution in [0.2, 0.25) is 5.28 Å². The van der Waals surface area contributed by atoms with E-state index in [2.05, 4.69) is 24.8 Å². The molecule has 0 radical (unpaired) electrons. The fourth-order valence-electron chi connectivity index (χ4n) is 3.71. The Morgan fingerprint density at radius 1 is 1.19 bits per heavy atom. The SMILES string of the molecule is O=C(O)C(F)(F)F.O=P([O-])([O-])OCC(Cc1ccccc1)Nc1nc(Cl)nc2c1ncn2[C@@H]1O[C@H](CO)[C@@H](O)[C@H]1O.[Na+].[Na+]. The molecule has 0 aliphatic carbocycles. The van der Waals surface area contributed by atoms with Crippen LogP contribution in [0.15, 0.2) is 36.7 Å². The van der Waals surface area contributed by atoms with Gasteiger partial charge in [-0.3, -0.25) is 4.57 Å². The first-order valence-electron chi connectivity index (χ1n) is 11.4. The van der Waals surface area contributed by atoms with Crippen LogP contribution in [-0.2, 0) is 25.0 Å². The summed E-state index contributed by atoms with van der Waals surface area (Å²) >= 11 is 6.10. The van der Waals surface area contributed by atoms with Gasteiger partial charge < -0.3 is 49.4 Å². The summed E-state index contributed by atoms with van der Waals surface area (Å²) < 4.78 is 54.1. The molecule has 1 aliphatic heterocycles. The number of hydrogen-bond donors (Lipinski definition) is 5. The van der Waals surface area contributed by atoms with E-state index in [1.807, 2.05) is 30.3 Å². The van der Waals surface area contributed by atoms with Gasteiger partial charge in [-0.2, -0.15) is 23.1 Å². The van der Waals surface area contributed by atoms with Gasteiger partial charge in [0.2, 0.25) is 5.28 Å². The summed E-state index contributed by atoms with van der Waals surface area (Å²) in [5.74, 6) is -2.64. The molecule has 1 unspecified atom stereocenters. The molecule has 3 heterocycles.